The van der Waals surface area contributed by atoms with Gasteiger partial charge in [-0.15, -0.1) is 0 Å². The van der Waals surface area contributed by atoms with E-state index in [1.807, 2.05) is 6.92 Å². The maximum absolute atomic E-state index is 13.1. The van der Waals surface area contributed by atoms with Crippen molar-refractivity contribution >= 4 is 52.4 Å². The third-order valence-corrected chi connectivity index (χ3v) is 7.00. The quantitative estimate of drug-likeness (QED) is 0.177. The van der Waals surface area contributed by atoms with Gasteiger partial charge in [0.25, 0.3) is 11.8 Å². The van der Waals surface area contributed by atoms with Crippen LogP contribution in [-0.2, 0) is 23.1 Å². The zero-order valence-corrected chi connectivity index (χ0v) is 24.6. The Balaban J connectivity index is 1.42. The summed E-state index contributed by atoms with van der Waals surface area (Å²) in [6, 6.07) is 13.4. The lowest BCUT2D eigenvalue weighted by molar-refractivity contribution is -0.129. The van der Waals surface area contributed by atoms with E-state index in [0.717, 1.165) is 5.69 Å². The maximum atomic E-state index is 13.1. The van der Waals surface area contributed by atoms with E-state index in [0.29, 0.717) is 22.5 Å². The zero-order valence-electron chi connectivity index (χ0n) is 23.8. The van der Waals surface area contributed by atoms with E-state index >= 15 is 0 Å². The zero-order chi connectivity index (χ0) is 31.1. The lowest BCUT2D eigenvalue weighted by atomic mass is 9.97. The monoisotopic (exact) mass is 598 g/mol. The van der Waals surface area contributed by atoms with Gasteiger partial charge in [0.05, 0.1) is 35.9 Å². The van der Waals surface area contributed by atoms with Crippen molar-refractivity contribution in [1.29, 1.82) is 0 Å². The number of rotatable bonds is 8. The minimum atomic E-state index is -0.629. The molecule has 1 aliphatic rings. The molecule has 1 atom stereocenters. The van der Waals surface area contributed by atoms with E-state index in [1.54, 1.807) is 56.6 Å². The Kier molecular flexibility index (Phi) is 9.82. The molecule has 3 aromatic rings. The Morgan fingerprint density at radius 2 is 1.88 bits per heavy atom. The molecule has 0 bridgehead atoms. The molecule has 1 aliphatic heterocycles. The van der Waals surface area contributed by atoms with Crippen molar-refractivity contribution in [2.45, 2.75) is 13.3 Å². The highest BCUT2D eigenvalue weighted by atomic mass is 32.1. The molecule has 4 rings (SSSR count). The van der Waals surface area contributed by atoms with E-state index in [9.17, 15) is 19.5 Å². The van der Waals surface area contributed by atoms with Crippen LogP contribution in [0.3, 0.4) is 0 Å². The van der Waals surface area contributed by atoms with Gasteiger partial charge in [0.15, 0.2) is 0 Å². The van der Waals surface area contributed by atoms with Crippen LogP contribution < -0.4 is 10.6 Å². The minimum absolute atomic E-state index is 0.108. The predicted octanol–water partition coefficient (Wildman–Crippen LogP) is 2.62. The van der Waals surface area contributed by atoms with Crippen molar-refractivity contribution in [2.24, 2.45) is 18.0 Å². The summed E-state index contributed by atoms with van der Waals surface area (Å²) in [6.45, 7) is 1.80. The predicted molar refractivity (Wildman–Crippen MR) is 167 cm³/mol. The molecule has 220 valence electrons. The summed E-state index contributed by atoms with van der Waals surface area (Å²) in [5, 5.41) is 29.4. The number of amides is 3. The van der Waals surface area contributed by atoms with Gasteiger partial charge in [-0.2, -0.15) is 5.10 Å². The molecule has 0 saturated carbocycles. The second-order valence-electron chi connectivity index (χ2n) is 9.76. The van der Waals surface area contributed by atoms with Crippen LogP contribution in [0.15, 0.2) is 65.3 Å². The molecule has 0 unspecified atom stereocenters. The van der Waals surface area contributed by atoms with Crippen molar-refractivity contribution < 1.29 is 24.6 Å². The first-order chi connectivity index (χ1) is 20.6. The standard InChI is InChI=1S/C31H30N6O5S/c1-19-14-26(37(3)35-19)31(42)33-23-8-4-6-20(15-23)10-11-22-17-32-18-24(29(22)43)30(41)34-25-9-5-7-21(28(25)40)16-27(39)36(2)12-13-38/h4-9,14-15,17-18,22,38,40H,12-13,16H2,1-3H3,(H,33,42)(H,34,41)/t22-/m0/s1. The van der Waals surface area contributed by atoms with Gasteiger partial charge in [0, 0.05) is 54.7 Å². The highest BCUT2D eigenvalue weighted by Gasteiger charge is 2.24. The van der Waals surface area contributed by atoms with Crippen molar-refractivity contribution in [2.75, 3.05) is 30.8 Å². The Morgan fingerprint density at radius 3 is 2.60 bits per heavy atom. The Labute approximate surface area is 253 Å². The second kappa shape index (κ2) is 13.7. The first kappa shape index (κ1) is 30.8. The number of para-hydroxylation sites is 1. The summed E-state index contributed by atoms with van der Waals surface area (Å²) < 4.78 is 1.51. The number of phenolic OH excluding ortho intramolecular Hbond substituents is 1. The van der Waals surface area contributed by atoms with Crippen LogP contribution in [0.1, 0.15) is 27.3 Å². The number of carbonyl (C=O) groups is 3. The molecule has 3 amide bonds. The number of thiocarbonyl (C=S) groups is 1. The van der Waals surface area contributed by atoms with Gasteiger partial charge >= 0.3 is 0 Å². The van der Waals surface area contributed by atoms with E-state index in [2.05, 4.69) is 32.6 Å². The average molecular weight is 599 g/mol. The molecule has 43 heavy (non-hydrogen) atoms. The fourth-order valence-corrected chi connectivity index (χ4v) is 4.49. The third kappa shape index (κ3) is 7.59. The molecule has 4 N–H and O–H groups in total. The number of carbonyl (C=O) groups excluding carboxylic acids is 3. The van der Waals surface area contributed by atoms with Crippen LogP contribution >= 0.6 is 12.2 Å². The van der Waals surface area contributed by atoms with Gasteiger partial charge in [-0.25, -0.2) is 0 Å². The highest BCUT2D eigenvalue weighted by molar-refractivity contribution is 7.81. The molecule has 0 saturated heterocycles. The molecule has 2 aromatic carbocycles. The number of hydrogen-bond donors (Lipinski definition) is 4. The number of aryl methyl sites for hydroxylation is 2. The number of aromatic hydroxyl groups is 1. The van der Waals surface area contributed by atoms with Crippen molar-refractivity contribution in [3.63, 3.8) is 0 Å². The Bertz CT molecular complexity index is 1710. The first-order valence-electron chi connectivity index (χ1n) is 13.3. The van der Waals surface area contributed by atoms with E-state index in [1.165, 1.54) is 28.1 Å². The second-order valence-corrected chi connectivity index (χ2v) is 10.2. The number of benzene rings is 2. The number of aromatic nitrogens is 2. The van der Waals surface area contributed by atoms with Crippen LogP contribution in [0.2, 0.25) is 0 Å². The number of nitrogens with one attached hydrogen (secondary N) is 2. The largest absolute Gasteiger partial charge is 0.505 e. The van der Waals surface area contributed by atoms with E-state index in [4.69, 9.17) is 17.3 Å². The topological polar surface area (TPSA) is 149 Å². The molecule has 0 radical (unpaired) electrons. The van der Waals surface area contributed by atoms with Crippen LogP contribution in [0.5, 0.6) is 5.75 Å². The van der Waals surface area contributed by atoms with Gasteiger partial charge in [0.1, 0.15) is 11.4 Å². The van der Waals surface area contributed by atoms with Crippen LogP contribution in [0.25, 0.3) is 0 Å². The molecular weight excluding hydrogens is 568 g/mol. The Morgan fingerprint density at radius 1 is 1.12 bits per heavy atom. The first-order valence-corrected chi connectivity index (χ1v) is 13.7. The number of phenols is 1. The summed E-state index contributed by atoms with van der Waals surface area (Å²) >= 11 is 5.56. The number of nitrogens with zero attached hydrogens (tertiary/aromatic N) is 4. The lowest BCUT2D eigenvalue weighted by Gasteiger charge is -2.18. The van der Waals surface area contributed by atoms with Gasteiger partial charge in [0.2, 0.25) is 5.91 Å². The molecule has 12 heteroatoms. The lowest BCUT2D eigenvalue weighted by Crippen LogP contribution is -2.30. The van der Waals surface area contributed by atoms with Crippen LogP contribution in [-0.4, -0.2) is 73.9 Å². The number of hydrogen-bond acceptors (Lipinski definition) is 8. The number of aliphatic hydroxyl groups is 1. The van der Waals surface area contributed by atoms with Gasteiger partial charge in [-0.3, -0.25) is 24.1 Å². The summed E-state index contributed by atoms with van der Waals surface area (Å²) in [4.78, 5) is 43.9. The summed E-state index contributed by atoms with van der Waals surface area (Å²) in [5.41, 5.74) is 2.89. The normalized spacial score (nSPS) is 13.9. The molecule has 1 aromatic heterocycles. The van der Waals surface area contributed by atoms with Gasteiger partial charge in [-0.1, -0.05) is 42.3 Å². The SMILES string of the molecule is Cc1cc(C(=O)Nc2cccc(C#C[C@H]3C=NC=C(C(=O)Nc4cccc(CC(=O)N(C)CCO)c4O)C3=S)c2)n(C)n1. The molecular formula is C31H30N6O5S. The van der Waals surface area contributed by atoms with Crippen molar-refractivity contribution in [1.82, 2.24) is 14.7 Å². The number of anilines is 2. The van der Waals surface area contributed by atoms with Crippen LogP contribution in [0.4, 0.5) is 11.4 Å². The minimum Gasteiger partial charge on any atom is -0.505 e. The molecule has 11 nitrogen and oxygen atoms in total. The molecule has 0 spiro atoms. The molecule has 0 aliphatic carbocycles. The summed E-state index contributed by atoms with van der Waals surface area (Å²) in [7, 11) is 3.25. The van der Waals surface area contributed by atoms with Crippen LogP contribution in [0, 0.1) is 24.7 Å². The number of aliphatic imine (C=N–C) groups is 1. The highest BCUT2D eigenvalue weighted by Crippen LogP contribution is 2.29. The molecule has 2 heterocycles. The number of likely N-dealkylation sites (N-methyl/N-ethyl adjacent to an activating group) is 1. The molecule has 0 fully saturated rings. The average Bonchev–Trinajstić information content (AvgIpc) is 3.32. The van der Waals surface area contributed by atoms with Crippen molar-refractivity contribution in [3.05, 3.63) is 82.8 Å². The van der Waals surface area contributed by atoms with E-state index in [-0.39, 0.29) is 53.3 Å². The fourth-order valence-electron chi connectivity index (χ4n) is 4.23. The fraction of sp³-hybridized carbons (Fsp3) is 0.226. The number of aliphatic hydroxyl groups excluding tert-OH is 1. The summed E-state index contributed by atoms with van der Waals surface area (Å²) in [6.07, 6.45) is 2.76. The van der Waals surface area contributed by atoms with Gasteiger partial charge < -0.3 is 25.7 Å². The van der Waals surface area contributed by atoms with Gasteiger partial charge in [-0.05, 0) is 37.3 Å². The summed E-state index contributed by atoms with van der Waals surface area (Å²) in [5.74, 6) is 4.01. The third-order valence-electron chi connectivity index (χ3n) is 6.53. The van der Waals surface area contributed by atoms with Crippen molar-refractivity contribution in [3.8, 4) is 17.6 Å². The smallest absolute Gasteiger partial charge is 0.273 e. The maximum Gasteiger partial charge on any atom is 0.273 e. The van der Waals surface area contributed by atoms with E-state index < -0.39 is 11.8 Å². The Hall–Kier alpha value is -5.12.